The zero-order chi connectivity index (χ0) is 17.7. The van der Waals surface area contributed by atoms with Crippen molar-refractivity contribution in [2.75, 3.05) is 32.0 Å². The summed E-state index contributed by atoms with van der Waals surface area (Å²) in [5.74, 6) is 1.27. The van der Waals surface area contributed by atoms with Crippen LogP contribution in [0.3, 0.4) is 0 Å². The van der Waals surface area contributed by atoms with Gasteiger partial charge in [-0.1, -0.05) is 6.07 Å². The Morgan fingerprint density at radius 2 is 1.58 bits per heavy atom. The third-order valence-electron chi connectivity index (χ3n) is 3.32. The van der Waals surface area contributed by atoms with Gasteiger partial charge in [-0.05, 0) is 24.6 Å². The number of aryl methyl sites for hydroxylation is 1. The second-order valence-electron chi connectivity index (χ2n) is 5.01. The zero-order valence-corrected chi connectivity index (χ0v) is 14.0. The molecule has 3 N–H and O–H groups in total. The number of ether oxygens (including phenoxy) is 3. The summed E-state index contributed by atoms with van der Waals surface area (Å²) in [5.41, 5.74) is 1.65. The topological polar surface area (TPSA) is 89.1 Å². The van der Waals surface area contributed by atoms with Crippen LogP contribution in [0, 0.1) is 6.92 Å². The highest BCUT2D eigenvalue weighted by atomic mass is 16.5. The Bertz CT molecular complexity index is 721. The number of hydrogen-bond donors (Lipinski definition) is 3. The molecule has 24 heavy (non-hydrogen) atoms. The number of hydrogen-bond acceptors (Lipinski definition) is 5. The van der Waals surface area contributed by atoms with E-state index in [9.17, 15) is 9.90 Å². The maximum Gasteiger partial charge on any atom is 0.323 e. The van der Waals surface area contributed by atoms with E-state index in [1.165, 1.54) is 21.3 Å². The van der Waals surface area contributed by atoms with Crippen LogP contribution in [-0.2, 0) is 0 Å². The highest BCUT2D eigenvalue weighted by Crippen LogP contribution is 2.40. The lowest BCUT2D eigenvalue weighted by atomic mass is 10.2. The third-order valence-corrected chi connectivity index (χ3v) is 3.32. The molecule has 0 bridgehead atoms. The van der Waals surface area contributed by atoms with Gasteiger partial charge in [-0.15, -0.1) is 0 Å². The number of aromatic hydroxyl groups is 1. The van der Waals surface area contributed by atoms with E-state index in [-0.39, 0.29) is 5.75 Å². The molecule has 0 saturated heterocycles. The standard InChI is InChI=1S/C17H20N2O5/c1-10-5-6-12(13(20)7-10)19-17(21)18-11-8-14(22-2)16(24-4)15(9-11)23-3/h5-9,20H,1-4H3,(H2,18,19,21). The first-order valence-electron chi connectivity index (χ1n) is 7.16. The van der Waals surface area contributed by atoms with Crippen LogP contribution in [0.5, 0.6) is 23.0 Å². The van der Waals surface area contributed by atoms with Gasteiger partial charge in [-0.25, -0.2) is 4.79 Å². The molecule has 0 unspecified atom stereocenters. The molecule has 2 amide bonds. The Kier molecular flexibility index (Phi) is 5.36. The van der Waals surface area contributed by atoms with Crippen LogP contribution in [0.15, 0.2) is 30.3 Å². The Balaban J connectivity index is 2.19. The molecule has 0 radical (unpaired) electrons. The fraction of sp³-hybridized carbons (Fsp3) is 0.235. The largest absolute Gasteiger partial charge is 0.506 e. The van der Waals surface area contributed by atoms with Gasteiger partial charge in [0.1, 0.15) is 5.75 Å². The van der Waals surface area contributed by atoms with Crippen molar-refractivity contribution in [3.63, 3.8) is 0 Å². The Hall–Kier alpha value is -3.09. The van der Waals surface area contributed by atoms with Gasteiger partial charge in [0.25, 0.3) is 0 Å². The first-order valence-corrected chi connectivity index (χ1v) is 7.16. The van der Waals surface area contributed by atoms with E-state index in [1.54, 1.807) is 30.3 Å². The zero-order valence-electron chi connectivity index (χ0n) is 14.0. The molecule has 0 aromatic heterocycles. The number of nitrogens with one attached hydrogen (secondary N) is 2. The van der Waals surface area contributed by atoms with Crippen LogP contribution in [-0.4, -0.2) is 32.5 Å². The number of rotatable bonds is 5. The first-order chi connectivity index (χ1) is 11.5. The van der Waals surface area contributed by atoms with Crippen molar-refractivity contribution >= 4 is 17.4 Å². The lowest BCUT2D eigenvalue weighted by Gasteiger charge is -2.15. The minimum Gasteiger partial charge on any atom is -0.506 e. The third kappa shape index (κ3) is 3.81. The van der Waals surface area contributed by atoms with Gasteiger partial charge < -0.3 is 30.0 Å². The van der Waals surface area contributed by atoms with Gasteiger partial charge in [0, 0.05) is 12.1 Å². The number of methoxy groups -OCH3 is 3. The molecule has 0 saturated carbocycles. The molecule has 2 aromatic carbocycles. The molecule has 2 rings (SSSR count). The predicted octanol–water partition coefficient (Wildman–Crippen LogP) is 3.37. The number of benzene rings is 2. The summed E-state index contributed by atoms with van der Waals surface area (Å²) >= 11 is 0. The van der Waals surface area contributed by atoms with Crippen molar-refractivity contribution < 1.29 is 24.1 Å². The van der Waals surface area contributed by atoms with Crippen molar-refractivity contribution in [1.82, 2.24) is 0 Å². The van der Waals surface area contributed by atoms with Gasteiger partial charge in [0.05, 0.1) is 32.7 Å². The predicted molar refractivity (Wildman–Crippen MR) is 91.6 cm³/mol. The molecule has 0 aliphatic carbocycles. The van der Waals surface area contributed by atoms with Gasteiger partial charge >= 0.3 is 6.03 Å². The normalized spacial score (nSPS) is 10.0. The van der Waals surface area contributed by atoms with Crippen molar-refractivity contribution in [1.29, 1.82) is 0 Å². The summed E-state index contributed by atoms with van der Waals surface area (Å²) in [6, 6.07) is 7.68. The molecular weight excluding hydrogens is 312 g/mol. The van der Waals surface area contributed by atoms with Crippen molar-refractivity contribution in [2.24, 2.45) is 0 Å². The lowest BCUT2D eigenvalue weighted by Crippen LogP contribution is -2.19. The monoisotopic (exact) mass is 332 g/mol. The van der Waals surface area contributed by atoms with E-state index < -0.39 is 6.03 Å². The number of carbonyl (C=O) groups excluding carboxylic acids is 1. The molecule has 0 fully saturated rings. The fourth-order valence-electron chi connectivity index (χ4n) is 2.19. The molecule has 7 nitrogen and oxygen atoms in total. The number of phenols is 1. The lowest BCUT2D eigenvalue weighted by molar-refractivity contribution is 0.262. The summed E-state index contributed by atoms with van der Waals surface area (Å²) in [6.07, 6.45) is 0. The molecule has 0 heterocycles. The molecule has 0 aliphatic heterocycles. The first kappa shape index (κ1) is 17.3. The van der Waals surface area contributed by atoms with Crippen LogP contribution < -0.4 is 24.8 Å². The highest BCUT2D eigenvalue weighted by molar-refractivity contribution is 6.01. The van der Waals surface area contributed by atoms with E-state index in [2.05, 4.69) is 10.6 Å². The number of urea groups is 1. The molecule has 2 aromatic rings. The van der Waals surface area contributed by atoms with Gasteiger partial charge in [-0.2, -0.15) is 0 Å². The van der Waals surface area contributed by atoms with Crippen LogP contribution in [0.2, 0.25) is 0 Å². The Morgan fingerprint density at radius 3 is 2.08 bits per heavy atom. The number of carbonyl (C=O) groups is 1. The van der Waals surface area contributed by atoms with E-state index in [0.717, 1.165) is 5.56 Å². The average Bonchev–Trinajstić information content (AvgIpc) is 2.56. The SMILES string of the molecule is COc1cc(NC(=O)Nc2ccc(C)cc2O)cc(OC)c1OC. The minimum atomic E-state index is -0.511. The number of anilines is 2. The molecule has 0 spiro atoms. The van der Waals surface area contributed by atoms with Gasteiger partial charge in [0.2, 0.25) is 5.75 Å². The summed E-state index contributed by atoms with van der Waals surface area (Å²) in [4.78, 5) is 12.1. The maximum atomic E-state index is 12.1. The van der Waals surface area contributed by atoms with Crippen molar-refractivity contribution in [3.05, 3.63) is 35.9 Å². The van der Waals surface area contributed by atoms with Crippen molar-refractivity contribution in [2.45, 2.75) is 6.92 Å². The van der Waals surface area contributed by atoms with Crippen LogP contribution in [0.1, 0.15) is 5.56 Å². The van der Waals surface area contributed by atoms with Crippen LogP contribution >= 0.6 is 0 Å². The molecule has 0 atom stereocenters. The molecule has 7 heteroatoms. The smallest absolute Gasteiger partial charge is 0.323 e. The second-order valence-corrected chi connectivity index (χ2v) is 5.01. The number of phenolic OH excluding ortho intramolecular Hbond substituents is 1. The molecular formula is C17H20N2O5. The van der Waals surface area contributed by atoms with E-state index in [0.29, 0.717) is 28.6 Å². The number of amides is 2. The van der Waals surface area contributed by atoms with E-state index >= 15 is 0 Å². The van der Waals surface area contributed by atoms with Crippen LogP contribution in [0.25, 0.3) is 0 Å². The highest BCUT2D eigenvalue weighted by Gasteiger charge is 2.15. The summed E-state index contributed by atoms with van der Waals surface area (Å²) in [6.45, 7) is 1.85. The average molecular weight is 332 g/mol. The summed E-state index contributed by atoms with van der Waals surface area (Å²) in [7, 11) is 4.48. The van der Waals surface area contributed by atoms with Gasteiger partial charge in [-0.3, -0.25) is 0 Å². The maximum absolute atomic E-state index is 12.1. The Morgan fingerprint density at radius 1 is 0.958 bits per heavy atom. The quantitative estimate of drug-likeness (QED) is 0.731. The molecule has 0 aliphatic rings. The van der Waals surface area contributed by atoms with Crippen molar-refractivity contribution in [3.8, 4) is 23.0 Å². The Labute approximate surface area is 140 Å². The molecule has 128 valence electrons. The van der Waals surface area contributed by atoms with Crippen LogP contribution in [0.4, 0.5) is 16.2 Å². The van der Waals surface area contributed by atoms with Gasteiger partial charge in [0.15, 0.2) is 11.5 Å². The minimum absolute atomic E-state index is 0.00459. The summed E-state index contributed by atoms with van der Waals surface area (Å²) in [5, 5.41) is 15.1. The summed E-state index contributed by atoms with van der Waals surface area (Å²) < 4.78 is 15.7. The van der Waals surface area contributed by atoms with E-state index in [4.69, 9.17) is 14.2 Å². The second kappa shape index (κ2) is 7.45. The van der Waals surface area contributed by atoms with E-state index in [1.807, 2.05) is 6.92 Å². The fourth-order valence-corrected chi connectivity index (χ4v) is 2.19.